The Morgan fingerprint density at radius 2 is 2.12 bits per heavy atom. The summed E-state index contributed by atoms with van der Waals surface area (Å²) in [4.78, 5) is 11.2. The second-order valence-corrected chi connectivity index (χ2v) is 4.00. The van der Waals surface area contributed by atoms with Crippen LogP contribution in [0.3, 0.4) is 0 Å². The zero-order valence-electron chi connectivity index (χ0n) is 9.71. The third-order valence-electron chi connectivity index (χ3n) is 1.99. The van der Waals surface area contributed by atoms with Crippen molar-refractivity contribution >= 4 is 5.97 Å². The molecule has 0 atom stereocenters. The van der Waals surface area contributed by atoms with E-state index in [1.807, 2.05) is 13.8 Å². The number of hydrogen-bond donors (Lipinski definition) is 0. The van der Waals surface area contributed by atoms with Gasteiger partial charge in [0.1, 0.15) is 5.56 Å². The molecule has 96 valence electrons. The van der Waals surface area contributed by atoms with Crippen LogP contribution in [0.15, 0.2) is 6.20 Å². The van der Waals surface area contributed by atoms with Crippen LogP contribution in [0.1, 0.15) is 29.9 Å². The van der Waals surface area contributed by atoms with Crippen LogP contribution in [-0.2, 0) is 17.5 Å². The molecule has 0 radical (unpaired) electrons. The number of carbonyl (C=O) groups excluding carboxylic acids is 1. The number of aromatic nitrogens is 2. The van der Waals surface area contributed by atoms with Crippen LogP contribution >= 0.6 is 0 Å². The summed E-state index contributed by atoms with van der Waals surface area (Å²) in [6, 6.07) is 0. The topological polar surface area (TPSA) is 44.1 Å². The number of esters is 1. The molecule has 0 aliphatic rings. The fraction of sp³-hybridized carbons (Fsp3) is 0.600. The van der Waals surface area contributed by atoms with E-state index in [1.54, 1.807) is 0 Å². The first-order valence-electron chi connectivity index (χ1n) is 4.98. The molecular weight excluding hydrogens is 237 g/mol. The van der Waals surface area contributed by atoms with E-state index in [0.29, 0.717) is 6.54 Å². The lowest BCUT2D eigenvalue weighted by Crippen LogP contribution is -2.13. The van der Waals surface area contributed by atoms with Gasteiger partial charge in [0, 0.05) is 12.7 Å². The van der Waals surface area contributed by atoms with Gasteiger partial charge in [-0.2, -0.15) is 18.3 Å². The second-order valence-electron chi connectivity index (χ2n) is 4.00. The summed E-state index contributed by atoms with van der Waals surface area (Å²) in [7, 11) is 1.03. The molecule has 17 heavy (non-hydrogen) atoms. The first-order chi connectivity index (χ1) is 7.75. The first kappa shape index (κ1) is 13.5. The van der Waals surface area contributed by atoms with Gasteiger partial charge < -0.3 is 4.74 Å². The number of nitrogens with zero attached hydrogens (tertiary/aromatic N) is 2. The highest BCUT2D eigenvalue weighted by Gasteiger charge is 2.39. The maximum absolute atomic E-state index is 12.6. The minimum Gasteiger partial charge on any atom is -0.465 e. The van der Waals surface area contributed by atoms with E-state index in [4.69, 9.17) is 0 Å². The second kappa shape index (κ2) is 4.77. The summed E-state index contributed by atoms with van der Waals surface area (Å²) in [5, 5.41) is 3.38. The van der Waals surface area contributed by atoms with Crippen molar-refractivity contribution in [1.82, 2.24) is 9.78 Å². The molecule has 0 bridgehead atoms. The summed E-state index contributed by atoms with van der Waals surface area (Å²) in [6.45, 7) is 3.99. The number of ether oxygens (including phenoxy) is 1. The molecule has 1 rings (SSSR count). The van der Waals surface area contributed by atoms with E-state index in [1.165, 1.54) is 0 Å². The predicted molar refractivity (Wildman–Crippen MR) is 53.4 cm³/mol. The SMILES string of the molecule is COC(=O)c1cn(CC(C)C)nc1C(F)(F)F. The Hall–Kier alpha value is -1.53. The third kappa shape index (κ3) is 3.21. The van der Waals surface area contributed by atoms with Crippen molar-refractivity contribution in [3.8, 4) is 0 Å². The third-order valence-corrected chi connectivity index (χ3v) is 1.99. The fourth-order valence-electron chi connectivity index (χ4n) is 1.36. The lowest BCUT2D eigenvalue weighted by molar-refractivity contribution is -0.142. The Kier molecular flexibility index (Phi) is 3.79. The highest BCUT2D eigenvalue weighted by molar-refractivity contribution is 5.90. The van der Waals surface area contributed by atoms with Crippen molar-refractivity contribution in [1.29, 1.82) is 0 Å². The smallest absolute Gasteiger partial charge is 0.436 e. The quantitative estimate of drug-likeness (QED) is 0.773. The lowest BCUT2D eigenvalue weighted by Gasteiger charge is -2.05. The highest BCUT2D eigenvalue weighted by Crippen LogP contribution is 2.31. The van der Waals surface area contributed by atoms with Gasteiger partial charge in [-0.15, -0.1) is 0 Å². The molecule has 0 amide bonds. The summed E-state index contributed by atoms with van der Waals surface area (Å²) < 4.78 is 43.2. The summed E-state index contributed by atoms with van der Waals surface area (Å²) in [5.41, 5.74) is -1.76. The number of alkyl halides is 3. The molecule has 0 aliphatic heterocycles. The van der Waals surface area contributed by atoms with E-state index in [0.717, 1.165) is 18.0 Å². The van der Waals surface area contributed by atoms with Crippen molar-refractivity contribution in [2.45, 2.75) is 26.6 Å². The standard InChI is InChI=1S/C10H13F3N2O2/c1-6(2)4-15-5-7(9(16)17-3)8(14-15)10(11,12)13/h5-6H,4H2,1-3H3. The van der Waals surface area contributed by atoms with Gasteiger partial charge in [-0.25, -0.2) is 4.79 Å². The van der Waals surface area contributed by atoms with Crippen LogP contribution in [0.25, 0.3) is 0 Å². The number of methoxy groups -OCH3 is 1. The Bertz CT molecular complexity index is 410. The molecule has 0 saturated heterocycles. The molecule has 0 aromatic carbocycles. The van der Waals surface area contributed by atoms with E-state index in [9.17, 15) is 18.0 Å². The van der Waals surface area contributed by atoms with Crippen LogP contribution in [0.4, 0.5) is 13.2 Å². The van der Waals surface area contributed by atoms with Crippen molar-refractivity contribution in [3.05, 3.63) is 17.5 Å². The maximum Gasteiger partial charge on any atom is 0.436 e. The maximum atomic E-state index is 12.6. The van der Waals surface area contributed by atoms with Gasteiger partial charge >= 0.3 is 12.1 Å². The number of carbonyl (C=O) groups is 1. The molecule has 1 aromatic heterocycles. The zero-order valence-corrected chi connectivity index (χ0v) is 9.71. The number of hydrogen-bond acceptors (Lipinski definition) is 3. The summed E-state index contributed by atoms with van der Waals surface area (Å²) in [5.74, 6) is -0.909. The van der Waals surface area contributed by atoms with Gasteiger partial charge in [0.15, 0.2) is 5.69 Å². The largest absolute Gasteiger partial charge is 0.465 e. The van der Waals surface area contributed by atoms with E-state index >= 15 is 0 Å². The van der Waals surface area contributed by atoms with E-state index in [-0.39, 0.29) is 5.92 Å². The normalized spacial score (nSPS) is 11.9. The van der Waals surface area contributed by atoms with Crippen molar-refractivity contribution in [2.24, 2.45) is 5.92 Å². The van der Waals surface area contributed by atoms with Crippen LogP contribution in [-0.4, -0.2) is 22.9 Å². The zero-order chi connectivity index (χ0) is 13.2. The van der Waals surface area contributed by atoms with Gasteiger partial charge in [0.2, 0.25) is 0 Å². The van der Waals surface area contributed by atoms with Gasteiger partial charge in [0.25, 0.3) is 0 Å². The van der Waals surface area contributed by atoms with Gasteiger partial charge in [-0.3, -0.25) is 4.68 Å². The Labute approximate surface area is 96.4 Å². The molecule has 0 aliphatic carbocycles. The van der Waals surface area contributed by atoms with Crippen LogP contribution in [0.5, 0.6) is 0 Å². The summed E-state index contributed by atoms with van der Waals surface area (Å²) >= 11 is 0. The average molecular weight is 250 g/mol. The van der Waals surface area contributed by atoms with Crippen molar-refractivity contribution in [2.75, 3.05) is 7.11 Å². The first-order valence-corrected chi connectivity index (χ1v) is 4.98. The van der Waals surface area contributed by atoms with Crippen LogP contribution in [0, 0.1) is 5.92 Å². The molecule has 4 nitrogen and oxygen atoms in total. The minimum absolute atomic E-state index is 0.126. The predicted octanol–water partition coefficient (Wildman–Crippen LogP) is 2.34. The monoisotopic (exact) mass is 250 g/mol. The molecule has 1 heterocycles. The molecule has 1 aromatic rings. The van der Waals surface area contributed by atoms with Crippen molar-refractivity contribution < 1.29 is 22.7 Å². The average Bonchev–Trinajstić information content (AvgIpc) is 2.59. The number of halogens is 3. The van der Waals surface area contributed by atoms with E-state index in [2.05, 4.69) is 9.84 Å². The lowest BCUT2D eigenvalue weighted by atomic mass is 10.2. The highest BCUT2D eigenvalue weighted by atomic mass is 19.4. The molecule has 0 N–H and O–H groups in total. The Morgan fingerprint density at radius 3 is 2.53 bits per heavy atom. The molecule has 0 spiro atoms. The molecule has 0 unspecified atom stereocenters. The number of rotatable bonds is 3. The fourth-order valence-corrected chi connectivity index (χ4v) is 1.36. The van der Waals surface area contributed by atoms with E-state index < -0.39 is 23.4 Å². The van der Waals surface area contributed by atoms with Crippen LogP contribution in [0.2, 0.25) is 0 Å². The van der Waals surface area contributed by atoms with Gasteiger partial charge in [0.05, 0.1) is 7.11 Å². The van der Waals surface area contributed by atoms with Gasteiger partial charge in [-0.05, 0) is 5.92 Å². The molecular formula is C10H13F3N2O2. The molecule has 0 saturated carbocycles. The van der Waals surface area contributed by atoms with Crippen LogP contribution < -0.4 is 0 Å². The van der Waals surface area contributed by atoms with Crippen molar-refractivity contribution in [3.63, 3.8) is 0 Å². The molecule has 7 heteroatoms. The Balaban J connectivity index is 3.17. The van der Waals surface area contributed by atoms with Gasteiger partial charge in [-0.1, -0.05) is 13.8 Å². The molecule has 0 fully saturated rings. The summed E-state index contributed by atoms with van der Waals surface area (Å²) in [6.07, 6.45) is -3.60. The Morgan fingerprint density at radius 1 is 1.53 bits per heavy atom. The minimum atomic E-state index is -4.66.